The molecule has 4 rings (SSSR count). The van der Waals surface area contributed by atoms with Gasteiger partial charge >= 0.3 is 11.9 Å². The number of unbranched alkanes of at least 4 members (excludes halogenated alkanes) is 5. The number of ether oxygens (including phenoxy) is 5. The van der Waals surface area contributed by atoms with Crippen LogP contribution in [0.5, 0.6) is 28.7 Å². The first-order valence-electron chi connectivity index (χ1n) is 17.0. The molecular weight excluding hydrogens is 606 g/mol. The molecule has 0 aliphatic carbocycles. The zero-order valence-electron chi connectivity index (χ0n) is 28.1. The van der Waals surface area contributed by atoms with Crippen molar-refractivity contribution in [3.8, 4) is 39.9 Å². The predicted molar refractivity (Wildman–Crippen MR) is 189 cm³/mol. The molecule has 4 aromatic rings. The van der Waals surface area contributed by atoms with Crippen molar-refractivity contribution in [3.05, 3.63) is 102 Å². The third-order valence-electron chi connectivity index (χ3n) is 7.57. The van der Waals surface area contributed by atoms with E-state index in [1.807, 2.05) is 31.2 Å². The van der Waals surface area contributed by atoms with Crippen LogP contribution >= 0.6 is 0 Å². The number of carbonyl (C=O) groups is 2. The van der Waals surface area contributed by atoms with E-state index in [1.54, 1.807) is 66.7 Å². The lowest BCUT2D eigenvalue weighted by atomic mass is 10.1. The molecule has 254 valence electrons. The van der Waals surface area contributed by atoms with Crippen LogP contribution < -0.4 is 29.4 Å². The maximum absolute atomic E-state index is 13.2. The van der Waals surface area contributed by atoms with Gasteiger partial charge < -0.3 is 29.4 Å². The molecule has 4 aromatic carbocycles. The number of nitrogens with two attached hydrogens (primary N) is 1. The molecule has 0 aromatic heterocycles. The lowest BCUT2D eigenvalue weighted by Crippen LogP contribution is -2.13. The molecule has 0 amide bonds. The number of carbonyl (C=O) groups excluding carboxylic acids is 2. The number of benzene rings is 4. The number of hydrogen-bond donors (Lipinski definition) is 1. The maximum atomic E-state index is 13.2. The molecule has 0 atom stereocenters. The van der Waals surface area contributed by atoms with Crippen LogP contribution in [-0.4, -0.2) is 38.3 Å². The van der Waals surface area contributed by atoms with Crippen molar-refractivity contribution >= 4 is 11.9 Å². The van der Waals surface area contributed by atoms with Crippen molar-refractivity contribution in [1.29, 1.82) is 0 Å². The molecular formula is C40H47NO7. The first-order chi connectivity index (χ1) is 23.5. The molecule has 48 heavy (non-hydrogen) atoms. The zero-order valence-corrected chi connectivity index (χ0v) is 28.1. The van der Waals surface area contributed by atoms with E-state index in [4.69, 9.17) is 29.4 Å². The van der Waals surface area contributed by atoms with Crippen LogP contribution in [0.1, 0.15) is 85.9 Å². The summed E-state index contributed by atoms with van der Waals surface area (Å²) in [5.41, 5.74) is 8.22. The summed E-state index contributed by atoms with van der Waals surface area (Å²) in [4.78, 5) is 25.8. The van der Waals surface area contributed by atoms with Crippen molar-refractivity contribution in [2.45, 2.75) is 65.2 Å². The second-order valence-corrected chi connectivity index (χ2v) is 11.5. The van der Waals surface area contributed by atoms with Gasteiger partial charge in [-0.2, -0.15) is 0 Å². The summed E-state index contributed by atoms with van der Waals surface area (Å²) in [6, 6.07) is 26.5. The monoisotopic (exact) mass is 653 g/mol. The largest absolute Gasteiger partial charge is 0.494 e. The summed E-state index contributed by atoms with van der Waals surface area (Å²) in [5.74, 6) is 1.64. The summed E-state index contributed by atoms with van der Waals surface area (Å²) in [6.07, 6.45) is 8.66. The molecule has 0 aliphatic heterocycles. The van der Waals surface area contributed by atoms with Gasteiger partial charge in [0.2, 0.25) is 0 Å². The summed E-state index contributed by atoms with van der Waals surface area (Å²) < 4.78 is 28.7. The summed E-state index contributed by atoms with van der Waals surface area (Å²) in [6.45, 7) is 6.35. The fourth-order valence-electron chi connectivity index (χ4n) is 4.88. The highest BCUT2D eigenvalue weighted by Gasteiger charge is 2.17. The van der Waals surface area contributed by atoms with E-state index in [1.165, 1.54) is 25.7 Å². The van der Waals surface area contributed by atoms with Gasteiger partial charge in [0.05, 0.1) is 25.4 Å². The molecule has 0 bridgehead atoms. The van der Waals surface area contributed by atoms with E-state index < -0.39 is 11.9 Å². The van der Waals surface area contributed by atoms with Crippen LogP contribution in [0.3, 0.4) is 0 Å². The van der Waals surface area contributed by atoms with Gasteiger partial charge in [0.15, 0.2) is 0 Å². The normalized spacial score (nSPS) is 10.7. The van der Waals surface area contributed by atoms with Gasteiger partial charge in [0, 0.05) is 6.07 Å². The van der Waals surface area contributed by atoms with E-state index in [0.717, 1.165) is 30.4 Å². The van der Waals surface area contributed by atoms with Gasteiger partial charge in [-0.05, 0) is 97.6 Å². The molecule has 8 nitrogen and oxygen atoms in total. The molecule has 2 N–H and O–H groups in total. The second kappa shape index (κ2) is 19.8. The minimum atomic E-state index is -0.526. The Labute approximate surface area is 284 Å². The lowest BCUT2D eigenvalue weighted by Gasteiger charge is -2.14. The van der Waals surface area contributed by atoms with Crippen molar-refractivity contribution in [1.82, 2.24) is 0 Å². The highest BCUT2D eigenvalue weighted by molar-refractivity contribution is 5.94. The SMILES string of the molecule is CCCCCCCCOc1ccc(C(=O)Oc2ccc(-c3ccc(OC(=O)c4ccc(OCCC)cc4)cc3)cc2)c(OCCCN)c1. The van der Waals surface area contributed by atoms with E-state index in [-0.39, 0.29) is 0 Å². The quantitative estimate of drug-likeness (QED) is 0.0572. The first kappa shape index (κ1) is 36.0. The van der Waals surface area contributed by atoms with Gasteiger partial charge in [-0.3, -0.25) is 0 Å². The van der Waals surface area contributed by atoms with Crippen LogP contribution in [0.25, 0.3) is 11.1 Å². The molecule has 0 fully saturated rings. The van der Waals surface area contributed by atoms with E-state index in [9.17, 15) is 9.59 Å². The van der Waals surface area contributed by atoms with Crippen molar-refractivity contribution in [2.75, 3.05) is 26.4 Å². The molecule has 0 aliphatic rings. The van der Waals surface area contributed by atoms with Crippen LogP contribution in [-0.2, 0) is 0 Å². The third-order valence-corrected chi connectivity index (χ3v) is 7.57. The smallest absolute Gasteiger partial charge is 0.347 e. The summed E-state index contributed by atoms with van der Waals surface area (Å²) in [5, 5.41) is 0. The highest BCUT2D eigenvalue weighted by Crippen LogP contribution is 2.29. The Hall–Kier alpha value is -4.82. The lowest BCUT2D eigenvalue weighted by molar-refractivity contribution is 0.0722. The van der Waals surface area contributed by atoms with Crippen molar-refractivity contribution < 1.29 is 33.3 Å². The fraction of sp³-hybridized carbons (Fsp3) is 0.350. The molecule has 0 heterocycles. The Morgan fingerprint density at radius 2 is 1.06 bits per heavy atom. The zero-order chi connectivity index (χ0) is 34.0. The van der Waals surface area contributed by atoms with E-state index in [2.05, 4.69) is 6.92 Å². The van der Waals surface area contributed by atoms with E-state index >= 15 is 0 Å². The Morgan fingerprint density at radius 1 is 0.521 bits per heavy atom. The van der Waals surface area contributed by atoms with E-state index in [0.29, 0.717) is 72.7 Å². The predicted octanol–water partition coefficient (Wildman–Crippen LogP) is 9.05. The Kier molecular flexibility index (Phi) is 14.8. The number of rotatable bonds is 20. The first-order valence-corrected chi connectivity index (χ1v) is 17.0. The molecule has 0 spiro atoms. The standard InChI is InChI=1S/C40H47NO7/c1-3-5-6-7-8-9-27-45-36-23-24-37(38(29-36)46-28-10-25-41)40(43)48-35-21-13-31(14-22-35)30-11-19-34(20-12-30)47-39(42)32-15-17-33(18-16-32)44-26-4-2/h11-24,29H,3-10,25-28,41H2,1-2H3. The Bertz CT molecular complexity index is 1550. The molecule has 8 heteroatoms. The second-order valence-electron chi connectivity index (χ2n) is 11.5. The van der Waals surface area contributed by atoms with Crippen LogP contribution in [0.2, 0.25) is 0 Å². The van der Waals surface area contributed by atoms with Crippen molar-refractivity contribution in [3.63, 3.8) is 0 Å². The number of hydrogen-bond acceptors (Lipinski definition) is 8. The Balaban J connectivity index is 1.33. The summed E-state index contributed by atoms with van der Waals surface area (Å²) >= 11 is 0. The van der Waals surface area contributed by atoms with Gasteiger partial charge in [0.1, 0.15) is 34.3 Å². The van der Waals surface area contributed by atoms with Crippen molar-refractivity contribution in [2.24, 2.45) is 5.73 Å². The number of esters is 2. The molecule has 0 saturated carbocycles. The van der Waals surface area contributed by atoms with Gasteiger partial charge in [-0.25, -0.2) is 9.59 Å². The molecule has 0 saturated heterocycles. The average molecular weight is 654 g/mol. The minimum Gasteiger partial charge on any atom is -0.494 e. The molecule has 0 unspecified atom stereocenters. The highest BCUT2D eigenvalue weighted by atomic mass is 16.5. The molecule has 0 radical (unpaired) electrons. The van der Waals surface area contributed by atoms with Gasteiger partial charge in [-0.15, -0.1) is 0 Å². The van der Waals surface area contributed by atoms with Gasteiger partial charge in [0.25, 0.3) is 0 Å². The Morgan fingerprint density at radius 3 is 1.69 bits per heavy atom. The van der Waals surface area contributed by atoms with Crippen LogP contribution in [0, 0.1) is 0 Å². The fourth-order valence-corrected chi connectivity index (χ4v) is 4.88. The summed E-state index contributed by atoms with van der Waals surface area (Å²) in [7, 11) is 0. The maximum Gasteiger partial charge on any atom is 0.347 e. The van der Waals surface area contributed by atoms with Crippen LogP contribution in [0.4, 0.5) is 0 Å². The topological polar surface area (TPSA) is 106 Å². The average Bonchev–Trinajstić information content (AvgIpc) is 3.11. The third kappa shape index (κ3) is 11.5. The van der Waals surface area contributed by atoms with Gasteiger partial charge in [-0.1, -0.05) is 70.2 Å². The minimum absolute atomic E-state index is 0.314. The van der Waals surface area contributed by atoms with Crippen LogP contribution in [0.15, 0.2) is 91.0 Å².